The van der Waals surface area contributed by atoms with Crippen molar-refractivity contribution in [3.8, 4) is 51.1 Å². The van der Waals surface area contributed by atoms with E-state index in [0.717, 1.165) is 94.5 Å². The summed E-state index contributed by atoms with van der Waals surface area (Å²) in [5, 5.41) is 19.4. The molecule has 15 rings (SSSR count). The number of nitrogens with zero attached hydrogens (tertiary/aromatic N) is 5. The minimum absolute atomic E-state index is 0.0888. The van der Waals surface area contributed by atoms with Gasteiger partial charge in [-0.15, -0.1) is 0 Å². The number of alkyl halides is 3. The maximum absolute atomic E-state index is 15.4. The summed E-state index contributed by atoms with van der Waals surface area (Å²) in [5.74, 6) is 0. The van der Waals surface area contributed by atoms with E-state index in [4.69, 9.17) is 0 Å². The minimum atomic E-state index is -4.66. The summed E-state index contributed by atoms with van der Waals surface area (Å²) < 4.78 is 55.3. The first kappa shape index (κ1) is 44.4. The van der Waals surface area contributed by atoms with E-state index in [1.54, 1.807) is 19.1 Å². The van der Waals surface area contributed by atoms with Gasteiger partial charge in [0.25, 0.3) is 0 Å². The van der Waals surface area contributed by atoms with Crippen molar-refractivity contribution in [2.75, 3.05) is 0 Å². The maximum atomic E-state index is 15.4. The highest BCUT2D eigenvalue weighted by atomic mass is 19.4. The SMILES string of the molecule is Cc1cccc(C(F)(F)F)c1-c1ccc(-n2c3ccccc3c3cc(-n4c5ccccc5c5ccccc54)ccc32)cc1-c1cc(C#N)ccc1-n1c2ccccc2c2cc(-n3c4ccccc4c4ccccc43)ccc21. The normalized spacial score (nSPS) is 12.1. The molecule has 4 heterocycles. The van der Waals surface area contributed by atoms with Crippen molar-refractivity contribution in [2.24, 2.45) is 0 Å². The molecule has 0 N–H and O–H groups in total. The minimum Gasteiger partial charge on any atom is -0.309 e. The first-order valence-electron chi connectivity index (χ1n) is 25.6. The van der Waals surface area contributed by atoms with Crippen LogP contribution >= 0.6 is 0 Å². The number of aryl methyl sites for hydroxylation is 1. The third kappa shape index (κ3) is 6.60. The molecule has 364 valence electrons. The molecule has 0 atom stereocenters. The zero-order valence-corrected chi connectivity index (χ0v) is 41.4. The highest BCUT2D eigenvalue weighted by molar-refractivity contribution is 6.14. The molecule has 0 unspecified atom stereocenters. The third-order valence-corrected chi connectivity index (χ3v) is 15.8. The topological polar surface area (TPSA) is 43.5 Å². The lowest BCUT2D eigenvalue weighted by molar-refractivity contribution is -0.137. The van der Waals surface area contributed by atoms with Gasteiger partial charge in [0.2, 0.25) is 0 Å². The fourth-order valence-corrected chi connectivity index (χ4v) is 12.5. The van der Waals surface area contributed by atoms with Gasteiger partial charge in [-0.25, -0.2) is 0 Å². The number of aromatic nitrogens is 4. The van der Waals surface area contributed by atoms with Crippen LogP contribution in [0.2, 0.25) is 0 Å². The number of hydrogen-bond acceptors (Lipinski definition) is 1. The van der Waals surface area contributed by atoms with Gasteiger partial charge in [0.15, 0.2) is 0 Å². The number of rotatable bonds is 6. The molecule has 0 saturated carbocycles. The van der Waals surface area contributed by atoms with Crippen molar-refractivity contribution < 1.29 is 13.2 Å². The Morgan fingerprint density at radius 2 is 0.727 bits per heavy atom. The van der Waals surface area contributed by atoms with Gasteiger partial charge in [-0.3, -0.25) is 0 Å². The Bertz CT molecular complexity index is 4910. The Morgan fingerprint density at radius 1 is 0.338 bits per heavy atom. The molecule has 11 aromatic carbocycles. The van der Waals surface area contributed by atoms with Crippen LogP contribution in [-0.2, 0) is 6.18 Å². The van der Waals surface area contributed by atoms with Crippen LogP contribution < -0.4 is 0 Å². The van der Waals surface area contributed by atoms with E-state index in [-0.39, 0.29) is 5.56 Å². The van der Waals surface area contributed by atoms with E-state index in [1.807, 2.05) is 54.6 Å². The second-order valence-corrected chi connectivity index (χ2v) is 19.9. The van der Waals surface area contributed by atoms with E-state index in [9.17, 15) is 5.26 Å². The summed E-state index contributed by atoms with van der Waals surface area (Å²) in [4.78, 5) is 0. The van der Waals surface area contributed by atoms with Crippen LogP contribution in [0.4, 0.5) is 13.2 Å². The van der Waals surface area contributed by atoms with E-state index >= 15 is 13.2 Å². The van der Waals surface area contributed by atoms with Crippen LogP contribution in [0.3, 0.4) is 0 Å². The van der Waals surface area contributed by atoms with Crippen molar-refractivity contribution >= 4 is 87.2 Å². The second kappa shape index (κ2) is 16.7. The fraction of sp³-hybridized carbons (Fsp3) is 0.0290. The van der Waals surface area contributed by atoms with E-state index in [0.29, 0.717) is 27.8 Å². The van der Waals surface area contributed by atoms with Crippen molar-refractivity contribution in [2.45, 2.75) is 13.1 Å². The predicted octanol–water partition coefficient (Wildman–Crippen LogP) is 18.6. The van der Waals surface area contributed by atoms with Gasteiger partial charge in [0.05, 0.1) is 67.0 Å². The molecular formula is C69H42F3N5. The molecule has 0 radical (unpaired) electrons. The first-order chi connectivity index (χ1) is 37.7. The van der Waals surface area contributed by atoms with Gasteiger partial charge in [0, 0.05) is 65.7 Å². The molecule has 0 aliphatic rings. The molecule has 5 nitrogen and oxygen atoms in total. The van der Waals surface area contributed by atoms with Gasteiger partial charge in [-0.2, -0.15) is 18.4 Å². The molecule has 0 fully saturated rings. The zero-order chi connectivity index (χ0) is 51.7. The molecule has 0 aliphatic heterocycles. The quantitative estimate of drug-likeness (QED) is 0.164. The Morgan fingerprint density at radius 3 is 1.18 bits per heavy atom. The second-order valence-electron chi connectivity index (χ2n) is 19.9. The third-order valence-electron chi connectivity index (χ3n) is 15.8. The summed E-state index contributed by atoms with van der Waals surface area (Å²) in [6.45, 7) is 1.73. The van der Waals surface area contributed by atoms with Crippen molar-refractivity contribution in [1.29, 1.82) is 5.26 Å². The number of fused-ring (bicyclic) bond motifs is 12. The van der Waals surface area contributed by atoms with Crippen LogP contribution in [0.5, 0.6) is 0 Å². The lowest BCUT2D eigenvalue weighted by atomic mass is 9.87. The molecule has 77 heavy (non-hydrogen) atoms. The van der Waals surface area contributed by atoms with Gasteiger partial charge >= 0.3 is 6.18 Å². The smallest absolute Gasteiger partial charge is 0.309 e. The standard InChI is InChI=1S/C69H42F3N5/c1-42-15-14-22-58(69(70,71)72)68(42)53-33-30-44(76-63-27-12-6-20-51(63)56-39-45(31-35-65(56)76)74-59-23-8-2-16-47(59)48-17-3-9-24-60(48)74)38-54(53)55-37-43(41-73)29-34-66(55)77-64-28-13-7-21-52(64)57-40-46(32-36-67(57)77)75-61-25-10-4-18-49(61)50-19-5-11-26-62(50)75/h2-40H,1H3. The van der Waals surface area contributed by atoms with Crippen LogP contribution in [0.1, 0.15) is 16.7 Å². The number of hydrogen-bond donors (Lipinski definition) is 0. The zero-order valence-electron chi connectivity index (χ0n) is 41.4. The Labute approximate surface area is 439 Å². The average molecular weight is 998 g/mol. The summed E-state index contributed by atoms with van der Waals surface area (Å²) in [6.07, 6.45) is -4.66. The maximum Gasteiger partial charge on any atom is 0.417 e. The molecule has 0 amide bonds. The largest absolute Gasteiger partial charge is 0.417 e. The number of nitriles is 1. The van der Waals surface area contributed by atoms with Gasteiger partial charge in [0.1, 0.15) is 0 Å². The number of para-hydroxylation sites is 6. The van der Waals surface area contributed by atoms with Gasteiger partial charge in [-0.05, 0) is 138 Å². The molecule has 0 aliphatic carbocycles. The van der Waals surface area contributed by atoms with Crippen molar-refractivity contribution in [3.05, 3.63) is 253 Å². The molecule has 0 saturated heterocycles. The monoisotopic (exact) mass is 997 g/mol. The van der Waals surface area contributed by atoms with Crippen LogP contribution in [-0.4, -0.2) is 18.3 Å². The van der Waals surface area contributed by atoms with E-state index in [1.165, 1.54) is 27.6 Å². The lowest BCUT2D eigenvalue weighted by Gasteiger charge is -2.22. The van der Waals surface area contributed by atoms with Crippen molar-refractivity contribution in [3.63, 3.8) is 0 Å². The molecular weight excluding hydrogens is 956 g/mol. The number of benzene rings is 11. The predicted molar refractivity (Wildman–Crippen MR) is 309 cm³/mol. The summed E-state index contributed by atoms with van der Waals surface area (Å²) in [7, 11) is 0. The molecule has 15 aromatic rings. The first-order valence-corrected chi connectivity index (χ1v) is 25.6. The highest BCUT2D eigenvalue weighted by Gasteiger charge is 2.35. The van der Waals surface area contributed by atoms with Gasteiger partial charge in [-0.1, -0.05) is 127 Å². The number of halogens is 3. The molecule has 0 bridgehead atoms. The fourth-order valence-electron chi connectivity index (χ4n) is 12.5. The summed E-state index contributed by atoms with van der Waals surface area (Å²) in [5.41, 5.74) is 13.4. The Balaban J connectivity index is 0.994. The Kier molecular flexibility index (Phi) is 9.63. The Hall–Kier alpha value is -10.1. The molecule has 8 heteroatoms. The lowest BCUT2D eigenvalue weighted by Crippen LogP contribution is -2.09. The molecule has 4 aromatic heterocycles. The molecule has 0 spiro atoms. The highest BCUT2D eigenvalue weighted by Crippen LogP contribution is 2.47. The van der Waals surface area contributed by atoms with Crippen LogP contribution in [0, 0.1) is 18.3 Å². The van der Waals surface area contributed by atoms with Gasteiger partial charge < -0.3 is 18.3 Å². The van der Waals surface area contributed by atoms with E-state index in [2.05, 4.69) is 182 Å². The van der Waals surface area contributed by atoms with Crippen LogP contribution in [0.15, 0.2) is 237 Å². The summed E-state index contributed by atoms with van der Waals surface area (Å²) >= 11 is 0. The average Bonchev–Trinajstić information content (AvgIpc) is 4.34. The van der Waals surface area contributed by atoms with Crippen molar-refractivity contribution in [1.82, 2.24) is 18.3 Å². The van der Waals surface area contributed by atoms with Crippen LogP contribution in [0.25, 0.3) is 132 Å². The summed E-state index contributed by atoms with van der Waals surface area (Å²) in [6, 6.07) is 81.5. The van der Waals surface area contributed by atoms with E-state index < -0.39 is 11.7 Å².